The number of aromatic nitrogens is 4. The molecule has 0 spiro atoms. The standard InChI is InChI=1S/C23H22F3N5O/c1-14(21-27-18-6-2-3-7-19(18)31(21)23(25)26)30-12-4-5-16(13-30)22-28-20(29-32-22)15-8-10-17(24)11-9-15/h2-3,6-11,14,16,23H,4-5,12-13H2,1H3. The van der Waals surface area contributed by atoms with Gasteiger partial charge in [-0.3, -0.25) is 9.47 Å². The van der Waals surface area contributed by atoms with Gasteiger partial charge < -0.3 is 4.52 Å². The summed E-state index contributed by atoms with van der Waals surface area (Å²) in [4.78, 5) is 11.2. The maximum absolute atomic E-state index is 13.9. The number of rotatable bonds is 5. The predicted molar refractivity (Wildman–Crippen MR) is 113 cm³/mol. The minimum Gasteiger partial charge on any atom is -0.339 e. The molecule has 0 saturated carbocycles. The first-order valence-corrected chi connectivity index (χ1v) is 10.6. The molecule has 2 aromatic carbocycles. The summed E-state index contributed by atoms with van der Waals surface area (Å²) in [7, 11) is 0. The molecular formula is C23H22F3N5O. The van der Waals surface area contributed by atoms with Gasteiger partial charge in [-0.15, -0.1) is 0 Å². The second-order valence-electron chi connectivity index (χ2n) is 8.08. The number of hydrogen-bond donors (Lipinski definition) is 0. The molecule has 0 radical (unpaired) electrons. The van der Waals surface area contributed by atoms with Crippen molar-refractivity contribution in [1.29, 1.82) is 0 Å². The fourth-order valence-corrected chi connectivity index (χ4v) is 4.40. The highest BCUT2D eigenvalue weighted by Gasteiger charge is 2.32. The Labute approximate surface area is 182 Å². The summed E-state index contributed by atoms with van der Waals surface area (Å²) >= 11 is 0. The van der Waals surface area contributed by atoms with E-state index in [1.54, 1.807) is 36.4 Å². The molecule has 6 nitrogen and oxygen atoms in total. The number of likely N-dealkylation sites (tertiary alicyclic amines) is 1. The van der Waals surface area contributed by atoms with Crippen LogP contribution in [-0.4, -0.2) is 37.7 Å². The third kappa shape index (κ3) is 3.77. The molecule has 166 valence electrons. The minimum absolute atomic E-state index is 0.0164. The van der Waals surface area contributed by atoms with Crippen molar-refractivity contribution in [2.45, 2.75) is 38.3 Å². The molecule has 0 aliphatic carbocycles. The first-order chi connectivity index (χ1) is 15.5. The molecule has 2 aromatic heterocycles. The number of hydrogen-bond acceptors (Lipinski definition) is 5. The van der Waals surface area contributed by atoms with Crippen LogP contribution in [0.1, 0.15) is 50.0 Å². The first-order valence-electron chi connectivity index (χ1n) is 10.6. The van der Waals surface area contributed by atoms with Crippen molar-refractivity contribution < 1.29 is 17.7 Å². The van der Waals surface area contributed by atoms with Crippen LogP contribution in [0.25, 0.3) is 22.4 Å². The van der Waals surface area contributed by atoms with Gasteiger partial charge in [-0.25, -0.2) is 9.37 Å². The van der Waals surface area contributed by atoms with Gasteiger partial charge in [0, 0.05) is 12.1 Å². The van der Waals surface area contributed by atoms with E-state index in [1.807, 2.05) is 6.92 Å². The molecule has 9 heteroatoms. The van der Waals surface area contributed by atoms with Gasteiger partial charge in [0.2, 0.25) is 11.7 Å². The number of nitrogens with zero attached hydrogens (tertiary/aromatic N) is 5. The fourth-order valence-electron chi connectivity index (χ4n) is 4.40. The molecule has 3 heterocycles. The Morgan fingerprint density at radius 2 is 1.84 bits per heavy atom. The third-order valence-corrected chi connectivity index (χ3v) is 6.09. The predicted octanol–water partition coefficient (Wildman–Crippen LogP) is 5.56. The Kier molecular flexibility index (Phi) is 5.42. The average Bonchev–Trinajstić information content (AvgIpc) is 3.44. The maximum atomic E-state index is 13.9. The summed E-state index contributed by atoms with van der Waals surface area (Å²) in [5.41, 5.74) is 1.66. The molecule has 32 heavy (non-hydrogen) atoms. The first kappa shape index (κ1) is 20.7. The van der Waals surface area contributed by atoms with Crippen molar-refractivity contribution in [2.75, 3.05) is 13.1 Å². The van der Waals surface area contributed by atoms with Gasteiger partial charge in [0.05, 0.1) is 23.0 Å². The number of alkyl halides is 2. The quantitative estimate of drug-likeness (QED) is 0.406. The van der Waals surface area contributed by atoms with Crippen molar-refractivity contribution in [2.24, 2.45) is 0 Å². The number of piperidine rings is 1. The van der Waals surface area contributed by atoms with Gasteiger partial charge in [0.25, 0.3) is 0 Å². The molecule has 2 unspecified atom stereocenters. The molecule has 1 fully saturated rings. The molecule has 2 atom stereocenters. The van der Waals surface area contributed by atoms with Gasteiger partial charge in [-0.1, -0.05) is 17.3 Å². The summed E-state index contributed by atoms with van der Waals surface area (Å²) in [5, 5.41) is 4.04. The second-order valence-corrected chi connectivity index (χ2v) is 8.08. The van der Waals surface area contributed by atoms with Gasteiger partial charge in [-0.2, -0.15) is 13.8 Å². The van der Waals surface area contributed by atoms with Crippen LogP contribution in [0.3, 0.4) is 0 Å². The molecule has 5 rings (SSSR count). The van der Waals surface area contributed by atoms with E-state index in [0.717, 1.165) is 24.0 Å². The SMILES string of the molecule is CC(c1nc2ccccc2n1C(F)F)N1CCCC(c2nc(-c3ccc(F)cc3)no2)C1. The summed E-state index contributed by atoms with van der Waals surface area (Å²) in [5.74, 6) is 0.911. The molecule has 1 saturated heterocycles. The van der Waals surface area contributed by atoms with Crippen LogP contribution in [0.15, 0.2) is 53.1 Å². The second kappa shape index (κ2) is 8.38. The number of fused-ring (bicyclic) bond motifs is 1. The summed E-state index contributed by atoms with van der Waals surface area (Å²) in [6.07, 6.45) is 1.73. The molecule has 4 aromatic rings. The molecule has 0 amide bonds. The Morgan fingerprint density at radius 1 is 1.06 bits per heavy atom. The zero-order valence-electron chi connectivity index (χ0n) is 17.5. The Bertz CT molecular complexity index is 1220. The van der Waals surface area contributed by atoms with Gasteiger partial charge >= 0.3 is 6.55 Å². The zero-order valence-corrected chi connectivity index (χ0v) is 17.5. The Hall–Kier alpha value is -3.20. The summed E-state index contributed by atoms with van der Waals surface area (Å²) < 4.78 is 47.5. The normalized spacial score (nSPS) is 18.5. The van der Waals surface area contributed by atoms with Crippen molar-refractivity contribution in [1.82, 2.24) is 24.6 Å². The highest BCUT2D eigenvalue weighted by atomic mass is 19.3. The Morgan fingerprint density at radius 3 is 2.62 bits per heavy atom. The van der Waals surface area contributed by atoms with Crippen molar-refractivity contribution in [3.8, 4) is 11.4 Å². The number of halogens is 3. The highest BCUT2D eigenvalue weighted by Crippen LogP contribution is 2.34. The number of imidazole rings is 1. The van der Waals surface area contributed by atoms with Crippen LogP contribution in [0.2, 0.25) is 0 Å². The van der Waals surface area contributed by atoms with Crippen molar-refractivity contribution >= 4 is 11.0 Å². The van der Waals surface area contributed by atoms with E-state index in [1.165, 1.54) is 12.1 Å². The number of benzene rings is 2. The molecular weight excluding hydrogens is 419 g/mol. The van der Waals surface area contributed by atoms with Crippen LogP contribution < -0.4 is 0 Å². The van der Waals surface area contributed by atoms with E-state index in [0.29, 0.717) is 40.7 Å². The van der Waals surface area contributed by atoms with Gasteiger partial charge in [-0.05, 0) is 62.7 Å². The van der Waals surface area contributed by atoms with Gasteiger partial charge in [0.1, 0.15) is 11.6 Å². The third-order valence-electron chi connectivity index (χ3n) is 6.09. The van der Waals surface area contributed by atoms with Crippen molar-refractivity contribution in [3.63, 3.8) is 0 Å². The van der Waals surface area contributed by atoms with E-state index in [2.05, 4.69) is 20.0 Å². The lowest BCUT2D eigenvalue weighted by Crippen LogP contribution is -2.37. The summed E-state index contributed by atoms with van der Waals surface area (Å²) in [6, 6.07) is 12.6. The van der Waals surface area contributed by atoms with E-state index in [4.69, 9.17) is 4.52 Å². The zero-order chi connectivity index (χ0) is 22.2. The minimum atomic E-state index is -2.67. The monoisotopic (exact) mass is 441 g/mol. The molecule has 0 bridgehead atoms. The maximum Gasteiger partial charge on any atom is 0.320 e. The van der Waals surface area contributed by atoms with E-state index < -0.39 is 6.55 Å². The largest absolute Gasteiger partial charge is 0.339 e. The van der Waals surface area contributed by atoms with E-state index in [-0.39, 0.29) is 17.8 Å². The van der Waals surface area contributed by atoms with Crippen molar-refractivity contribution in [3.05, 3.63) is 66.1 Å². The van der Waals surface area contributed by atoms with Gasteiger partial charge in [0.15, 0.2) is 0 Å². The van der Waals surface area contributed by atoms with E-state index in [9.17, 15) is 13.2 Å². The van der Waals surface area contributed by atoms with E-state index >= 15 is 0 Å². The van der Waals surface area contributed by atoms with Crippen LogP contribution in [0, 0.1) is 5.82 Å². The molecule has 0 N–H and O–H groups in total. The lowest BCUT2D eigenvalue weighted by atomic mass is 9.96. The molecule has 1 aliphatic rings. The topological polar surface area (TPSA) is 60.0 Å². The fraction of sp³-hybridized carbons (Fsp3) is 0.348. The summed E-state index contributed by atoms with van der Waals surface area (Å²) in [6.45, 7) is 0.594. The molecule has 1 aliphatic heterocycles. The smallest absolute Gasteiger partial charge is 0.320 e. The Balaban J connectivity index is 1.38. The lowest BCUT2D eigenvalue weighted by Gasteiger charge is -2.35. The van der Waals surface area contributed by atoms with Crippen LogP contribution in [0.4, 0.5) is 13.2 Å². The van der Waals surface area contributed by atoms with Crippen LogP contribution in [-0.2, 0) is 0 Å². The van der Waals surface area contributed by atoms with Crippen LogP contribution >= 0.6 is 0 Å². The number of para-hydroxylation sites is 2. The average molecular weight is 441 g/mol. The highest BCUT2D eigenvalue weighted by molar-refractivity contribution is 5.76. The van der Waals surface area contributed by atoms with Crippen LogP contribution in [0.5, 0.6) is 0 Å². The lowest BCUT2D eigenvalue weighted by molar-refractivity contribution is 0.0612.